The minimum absolute atomic E-state index is 0.133. The second kappa shape index (κ2) is 19.0. The molecule has 31 heavy (non-hydrogen) atoms. The number of carbonyl (C=O) groups is 1. The Hall–Kier alpha value is -1.77. The van der Waals surface area contributed by atoms with Crippen molar-refractivity contribution in [2.45, 2.75) is 111 Å². The van der Waals surface area contributed by atoms with Crippen molar-refractivity contribution in [2.24, 2.45) is 0 Å². The minimum Gasteiger partial charge on any atom is -0.372 e. The number of carbonyl (C=O) groups excluding carboxylic acids is 1. The molecule has 0 spiro atoms. The summed E-state index contributed by atoms with van der Waals surface area (Å²) in [4.78, 5) is 14.4. The van der Waals surface area contributed by atoms with Crippen molar-refractivity contribution < 1.29 is 4.79 Å². The highest BCUT2D eigenvalue weighted by atomic mass is 16.1. The van der Waals surface area contributed by atoms with Crippen LogP contribution in [0.15, 0.2) is 36.4 Å². The third-order valence-corrected chi connectivity index (χ3v) is 5.95. The summed E-state index contributed by atoms with van der Waals surface area (Å²) < 4.78 is 0. The standard InChI is InChI=1S/C28H48N2O/c1-4-7-8-9-10-11-12-13-14-15-16-17-18-19-20-21-28(31)29-26-22-24-27(25-23-26)30(5-2)6-3/h13-14,22-25H,4-12,15-21H2,1-3H3,(H,29,31)/b14-13-. The molecule has 0 aliphatic rings. The summed E-state index contributed by atoms with van der Waals surface area (Å²) in [6, 6.07) is 8.19. The highest BCUT2D eigenvalue weighted by Crippen LogP contribution is 2.18. The van der Waals surface area contributed by atoms with Crippen molar-refractivity contribution in [3.63, 3.8) is 0 Å². The second-order valence-electron chi connectivity index (χ2n) is 8.60. The smallest absolute Gasteiger partial charge is 0.224 e. The van der Waals surface area contributed by atoms with E-state index in [1.54, 1.807) is 0 Å². The summed E-state index contributed by atoms with van der Waals surface area (Å²) in [6.07, 6.45) is 22.0. The lowest BCUT2D eigenvalue weighted by atomic mass is 10.1. The van der Waals surface area contributed by atoms with Crippen molar-refractivity contribution in [2.75, 3.05) is 23.3 Å². The molecule has 0 radical (unpaired) electrons. The summed E-state index contributed by atoms with van der Waals surface area (Å²) in [5, 5.41) is 3.03. The van der Waals surface area contributed by atoms with Crippen LogP contribution in [-0.4, -0.2) is 19.0 Å². The van der Waals surface area contributed by atoms with Gasteiger partial charge >= 0.3 is 0 Å². The molecule has 3 nitrogen and oxygen atoms in total. The number of nitrogens with zero attached hydrogens (tertiary/aromatic N) is 1. The highest BCUT2D eigenvalue weighted by Gasteiger charge is 2.04. The predicted molar refractivity (Wildman–Crippen MR) is 138 cm³/mol. The molecular weight excluding hydrogens is 380 g/mol. The average Bonchev–Trinajstić information content (AvgIpc) is 2.78. The van der Waals surface area contributed by atoms with Gasteiger partial charge < -0.3 is 10.2 Å². The molecule has 0 aliphatic heterocycles. The first-order valence-electron chi connectivity index (χ1n) is 13.0. The quantitative estimate of drug-likeness (QED) is 0.177. The fourth-order valence-electron chi connectivity index (χ4n) is 3.92. The van der Waals surface area contributed by atoms with Crippen LogP contribution in [0.25, 0.3) is 0 Å². The Kier molecular flexibility index (Phi) is 16.7. The molecule has 0 saturated heterocycles. The average molecular weight is 429 g/mol. The van der Waals surface area contributed by atoms with E-state index in [0.29, 0.717) is 6.42 Å². The second-order valence-corrected chi connectivity index (χ2v) is 8.60. The molecule has 1 aromatic carbocycles. The maximum absolute atomic E-state index is 12.1. The molecule has 0 aromatic heterocycles. The van der Waals surface area contributed by atoms with E-state index < -0.39 is 0 Å². The SMILES string of the molecule is CCCCCCCC/C=C\CCCCCCCC(=O)Nc1ccc(N(CC)CC)cc1. The zero-order valence-electron chi connectivity index (χ0n) is 20.6. The maximum Gasteiger partial charge on any atom is 0.224 e. The molecule has 176 valence electrons. The van der Waals surface area contributed by atoms with Crippen molar-refractivity contribution in [1.82, 2.24) is 0 Å². The van der Waals surface area contributed by atoms with E-state index in [1.165, 1.54) is 76.3 Å². The maximum atomic E-state index is 12.1. The third kappa shape index (κ3) is 14.0. The van der Waals surface area contributed by atoms with E-state index in [4.69, 9.17) is 0 Å². The van der Waals surface area contributed by atoms with Gasteiger partial charge in [0.15, 0.2) is 0 Å². The Morgan fingerprint density at radius 3 is 1.81 bits per heavy atom. The molecular formula is C28H48N2O. The molecule has 0 unspecified atom stereocenters. The van der Waals surface area contributed by atoms with E-state index in [9.17, 15) is 4.79 Å². The number of rotatable bonds is 19. The van der Waals surface area contributed by atoms with Crippen LogP contribution < -0.4 is 10.2 Å². The Morgan fingerprint density at radius 2 is 1.26 bits per heavy atom. The van der Waals surface area contributed by atoms with Crippen LogP contribution in [0.2, 0.25) is 0 Å². The Labute approximate surface area is 192 Å². The first kappa shape index (κ1) is 27.3. The van der Waals surface area contributed by atoms with Crippen molar-refractivity contribution in [1.29, 1.82) is 0 Å². The van der Waals surface area contributed by atoms with Crippen LogP contribution in [0.4, 0.5) is 11.4 Å². The van der Waals surface area contributed by atoms with Gasteiger partial charge in [0.1, 0.15) is 0 Å². The molecule has 0 fully saturated rings. The van der Waals surface area contributed by atoms with Gasteiger partial charge in [-0.2, -0.15) is 0 Å². The van der Waals surface area contributed by atoms with Crippen LogP contribution in [0.5, 0.6) is 0 Å². The molecule has 0 atom stereocenters. The largest absolute Gasteiger partial charge is 0.372 e. The van der Waals surface area contributed by atoms with Crippen molar-refractivity contribution >= 4 is 17.3 Å². The summed E-state index contributed by atoms with van der Waals surface area (Å²) in [6.45, 7) is 8.59. The van der Waals surface area contributed by atoms with Gasteiger partial charge in [0.2, 0.25) is 5.91 Å². The monoisotopic (exact) mass is 428 g/mol. The van der Waals surface area contributed by atoms with E-state index >= 15 is 0 Å². The van der Waals surface area contributed by atoms with Gasteiger partial charge in [-0.05, 0) is 70.2 Å². The molecule has 0 bridgehead atoms. The number of anilines is 2. The van der Waals surface area contributed by atoms with Gasteiger partial charge in [0.05, 0.1) is 0 Å². The zero-order chi connectivity index (χ0) is 22.6. The lowest BCUT2D eigenvalue weighted by Crippen LogP contribution is -2.21. The number of benzene rings is 1. The molecule has 0 saturated carbocycles. The Bertz CT molecular complexity index is 575. The van der Waals surface area contributed by atoms with Crippen LogP contribution >= 0.6 is 0 Å². The van der Waals surface area contributed by atoms with Crippen LogP contribution in [0.1, 0.15) is 111 Å². The molecule has 0 aliphatic carbocycles. The van der Waals surface area contributed by atoms with Crippen LogP contribution in [0.3, 0.4) is 0 Å². The fraction of sp³-hybridized carbons (Fsp3) is 0.679. The van der Waals surface area contributed by atoms with Gasteiger partial charge in [-0.1, -0.05) is 70.4 Å². The number of unbranched alkanes of at least 4 members (excludes halogenated alkanes) is 11. The number of hydrogen-bond donors (Lipinski definition) is 1. The lowest BCUT2D eigenvalue weighted by Gasteiger charge is -2.21. The highest BCUT2D eigenvalue weighted by molar-refractivity contribution is 5.90. The van der Waals surface area contributed by atoms with E-state index in [-0.39, 0.29) is 5.91 Å². The topological polar surface area (TPSA) is 32.3 Å². The van der Waals surface area contributed by atoms with E-state index in [1.807, 2.05) is 12.1 Å². The Balaban J connectivity index is 1.98. The van der Waals surface area contributed by atoms with Gasteiger partial charge in [0.25, 0.3) is 0 Å². The number of amides is 1. The van der Waals surface area contributed by atoms with Gasteiger partial charge in [-0.15, -0.1) is 0 Å². The first-order valence-corrected chi connectivity index (χ1v) is 13.0. The van der Waals surface area contributed by atoms with Gasteiger partial charge in [0, 0.05) is 30.9 Å². The number of allylic oxidation sites excluding steroid dienone is 2. The third-order valence-electron chi connectivity index (χ3n) is 5.95. The molecule has 1 aromatic rings. The normalized spacial score (nSPS) is 11.2. The summed E-state index contributed by atoms with van der Waals surface area (Å²) in [7, 11) is 0. The molecule has 1 amide bonds. The molecule has 1 N–H and O–H groups in total. The Morgan fingerprint density at radius 1 is 0.742 bits per heavy atom. The molecule has 0 heterocycles. The van der Waals surface area contributed by atoms with Crippen LogP contribution in [0, 0.1) is 0 Å². The summed E-state index contributed by atoms with van der Waals surface area (Å²) in [5.41, 5.74) is 2.11. The van der Waals surface area contributed by atoms with E-state index in [0.717, 1.165) is 31.6 Å². The molecule has 1 rings (SSSR count). The van der Waals surface area contributed by atoms with Gasteiger partial charge in [-0.3, -0.25) is 4.79 Å². The molecule has 3 heteroatoms. The predicted octanol–water partition coefficient (Wildman–Crippen LogP) is 8.51. The summed E-state index contributed by atoms with van der Waals surface area (Å²) >= 11 is 0. The first-order chi connectivity index (χ1) is 15.2. The minimum atomic E-state index is 0.133. The zero-order valence-corrected chi connectivity index (χ0v) is 20.6. The number of nitrogens with one attached hydrogen (secondary N) is 1. The van der Waals surface area contributed by atoms with Crippen molar-refractivity contribution in [3.8, 4) is 0 Å². The van der Waals surface area contributed by atoms with Crippen LogP contribution in [-0.2, 0) is 4.79 Å². The van der Waals surface area contributed by atoms with E-state index in [2.05, 4.69) is 55.3 Å². The number of hydrogen-bond acceptors (Lipinski definition) is 2. The fourth-order valence-corrected chi connectivity index (χ4v) is 3.92. The lowest BCUT2D eigenvalue weighted by molar-refractivity contribution is -0.116. The van der Waals surface area contributed by atoms with Crippen molar-refractivity contribution in [3.05, 3.63) is 36.4 Å². The van der Waals surface area contributed by atoms with Gasteiger partial charge in [-0.25, -0.2) is 0 Å². The summed E-state index contributed by atoms with van der Waals surface area (Å²) in [5.74, 6) is 0.133.